The van der Waals surface area contributed by atoms with Crippen molar-refractivity contribution < 1.29 is 9.18 Å². The van der Waals surface area contributed by atoms with Crippen molar-refractivity contribution in [3.63, 3.8) is 0 Å². The highest BCUT2D eigenvalue weighted by molar-refractivity contribution is 5.86. The van der Waals surface area contributed by atoms with E-state index in [0.29, 0.717) is 13.1 Å². The average Bonchev–Trinajstić information content (AvgIpc) is 2.83. The molecule has 0 aromatic heterocycles. The zero-order valence-electron chi connectivity index (χ0n) is 11.8. The highest BCUT2D eigenvalue weighted by atomic mass is 35.5. The van der Waals surface area contributed by atoms with Gasteiger partial charge in [0.25, 0.3) is 0 Å². The minimum Gasteiger partial charge on any atom is -0.337 e. The molecular formula is C15H22ClFN2O. The zero-order valence-corrected chi connectivity index (χ0v) is 12.6. The molecule has 1 aliphatic rings. The maximum Gasteiger partial charge on any atom is 0.242 e. The third kappa shape index (κ3) is 3.70. The molecule has 1 aliphatic carbocycles. The third-order valence-corrected chi connectivity index (χ3v) is 3.85. The van der Waals surface area contributed by atoms with Gasteiger partial charge in [-0.15, -0.1) is 12.4 Å². The highest BCUT2D eigenvalue weighted by Gasteiger charge is 2.39. The van der Waals surface area contributed by atoms with Crippen molar-refractivity contribution in [1.29, 1.82) is 0 Å². The maximum absolute atomic E-state index is 13.2. The number of rotatable bonds is 4. The topological polar surface area (TPSA) is 46.3 Å². The molecule has 0 atom stereocenters. The number of carbonyl (C=O) groups is 1. The van der Waals surface area contributed by atoms with E-state index in [-0.39, 0.29) is 24.1 Å². The molecule has 0 aliphatic heterocycles. The third-order valence-electron chi connectivity index (χ3n) is 3.85. The zero-order chi connectivity index (χ0) is 13.9. The molecular weight excluding hydrogens is 279 g/mol. The molecule has 1 saturated carbocycles. The average molecular weight is 301 g/mol. The molecule has 112 valence electrons. The summed E-state index contributed by atoms with van der Waals surface area (Å²) in [6.07, 6.45) is 3.54. The molecule has 1 amide bonds. The van der Waals surface area contributed by atoms with Crippen LogP contribution in [0.2, 0.25) is 0 Å². The Morgan fingerprint density at radius 1 is 1.40 bits per heavy atom. The van der Waals surface area contributed by atoms with E-state index in [0.717, 1.165) is 31.2 Å². The van der Waals surface area contributed by atoms with E-state index in [4.69, 9.17) is 5.73 Å². The Kier molecular flexibility index (Phi) is 5.96. The molecule has 0 radical (unpaired) electrons. The maximum atomic E-state index is 13.2. The summed E-state index contributed by atoms with van der Waals surface area (Å²) in [5, 5.41) is 0. The smallest absolute Gasteiger partial charge is 0.242 e. The summed E-state index contributed by atoms with van der Waals surface area (Å²) in [6.45, 7) is 2.94. The van der Waals surface area contributed by atoms with Crippen LogP contribution in [0.15, 0.2) is 24.3 Å². The van der Waals surface area contributed by atoms with Gasteiger partial charge >= 0.3 is 0 Å². The molecule has 3 nitrogen and oxygen atoms in total. The van der Waals surface area contributed by atoms with Gasteiger partial charge < -0.3 is 10.6 Å². The number of benzene rings is 1. The fraction of sp³-hybridized carbons (Fsp3) is 0.533. The van der Waals surface area contributed by atoms with Gasteiger partial charge in [-0.3, -0.25) is 4.79 Å². The second-order valence-electron chi connectivity index (χ2n) is 5.31. The number of amides is 1. The summed E-state index contributed by atoms with van der Waals surface area (Å²) >= 11 is 0. The van der Waals surface area contributed by atoms with E-state index >= 15 is 0 Å². The van der Waals surface area contributed by atoms with Crippen molar-refractivity contribution in [2.24, 2.45) is 5.73 Å². The van der Waals surface area contributed by atoms with Crippen molar-refractivity contribution in [3.05, 3.63) is 35.6 Å². The summed E-state index contributed by atoms with van der Waals surface area (Å²) in [7, 11) is 0. The molecule has 1 aromatic carbocycles. The normalized spacial score (nSPS) is 16.6. The standard InChI is InChI=1S/C15H21FN2O.ClH/c1-2-18(11-12-6-5-7-13(16)10-12)14(19)15(17)8-3-4-9-15;/h5-7,10H,2-4,8-9,11,17H2,1H3;1H. The van der Waals surface area contributed by atoms with Crippen LogP contribution in [0.3, 0.4) is 0 Å². The van der Waals surface area contributed by atoms with E-state index in [1.807, 2.05) is 13.0 Å². The van der Waals surface area contributed by atoms with Gasteiger partial charge in [-0.2, -0.15) is 0 Å². The van der Waals surface area contributed by atoms with Crippen LogP contribution in [-0.2, 0) is 11.3 Å². The Hall–Kier alpha value is -1.13. The first-order valence-electron chi connectivity index (χ1n) is 6.88. The predicted octanol–water partition coefficient (Wildman–Crippen LogP) is 2.87. The Labute approximate surface area is 125 Å². The SMILES string of the molecule is CCN(Cc1cccc(F)c1)C(=O)C1(N)CCCC1.Cl. The monoisotopic (exact) mass is 300 g/mol. The fourth-order valence-electron chi connectivity index (χ4n) is 2.72. The van der Waals surface area contributed by atoms with Crippen LogP contribution in [0.4, 0.5) is 4.39 Å². The number of hydrogen-bond donors (Lipinski definition) is 1. The van der Waals surface area contributed by atoms with Gasteiger partial charge in [-0.25, -0.2) is 4.39 Å². The minimum atomic E-state index is -0.705. The molecule has 1 aromatic rings. The largest absolute Gasteiger partial charge is 0.337 e. The Bertz CT molecular complexity index is 461. The molecule has 0 heterocycles. The Morgan fingerprint density at radius 2 is 2.05 bits per heavy atom. The summed E-state index contributed by atoms with van der Waals surface area (Å²) in [6, 6.07) is 6.37. The number of likely N-dealkylation sites (N-methyl/N-ethyl adjacent to an activating group) is 1. The van der Waals surface area contributed by atoms with Crippen molar-refractivity contribution in [2.45, 2.75) is 44.7 Å². The molecule has 1 fully saturated rings. The van der Waals surface area contributed by atoms with Crippen LogP contribution < -0.4 is 5.73 Å². The highest BCUT2D eigenvalue weighted by Crippen LogP contribution is 2.29. The first-order valence-corrected chi connectivity index (χ1v) is 6.88. The van der Waals surface area contributed by atoms with Crippen molar-refractivity contribution >= 4 is 18.3 Å². The lowest BCUT2D eigenvalue weighted by atomic mass is 9.97. The lowest BCUT2D eigenvalue weighted by Gasteiger charge is -2.30. The quantitative estimate of drug-likeness (QED) is 0.929. The van der Waals surface area contributed by atoms with Gasteiger partial charge in [-0.1, -0.05) is 25.0 Å². The lowest BCUT2D eigenvalue weighted by molar-refractivity contribution is -0.137. The van der Waals surface area contributed by atoms with Gasteiger partial charge in [-0.05, 0) is 37.5 Å². The second kappa shape index (κ2) is 7.04. The molecule has 20 heavy (non-hydrogen) atoms. The van der Waals surface area contributed by atoms with Crippen molar-refractivity contribution in [1.82, 2.24) is 4.90 Å². The molecule has 0 bridgehead atoms. The number of hydrogen-bond acceptors (Lipinski definition) is 2. The van der Waals surface area contributed by atoms with Crippen LogP contribution in [0, 0.1) is 5.82 Å². The first-order chi connectivity index (χ1) is 9.05. The van der Waals surface area contributed by atoms with Gasteiger partial charge in [0, 0.05) is 13.1 Å². The molecule has 2 N–H and O–H groups in total. The molecule has 0 spiro atoms. The summed E-state index contributed by atoms with van der Waals surface area (Å²) < 4.78 is 13.2. The summed E-state index contributed by atoms with van der Waals surface area (Å²) in [5.74, 6) is -0.277. The second-order valence-corrected chi connectivity index (χ2v) is 5.31. The predicted molar refractivity (Wildman–Crippen MR) is 80.1 cm³/mol. The fourth-order valence-corrected chi connectivity index (χ4v) is 2.72. The van der Waals surface area contributed by atoms with Crippen LogP contribution in [0.5, 0.6) is 0 Å². The first kappa shape index (κ1) is 16.9. The van der Waals surface area contributed by atoms with E-state index < -0.39 is 5.54 Å². The van der Waals surface area contributed by atoms with E-state index in [1.165, 1.54) is 12.1 Å². The Balaban J connectivity index is 0.00000200. The molecule has 5 heteroatoms. The molecule has 2 rings (SSSR count). The summed E-state index contributed by atoms with van der Waals surface area (Å²) in [5.41, 5.74) is 6.29. The van der Waals surface area contributed by atoms with Gasteiger partial charge in [0.2, 0.25) is 5.91 Å². The van der Waals surface area contributed by atoms with Gasteiger partial charge in [0.05, 0.1) is 5.54 Å². The Morgan fingerprint density at radius 3 is 2.60 bits per heavy atom. The number of nitrogens with two attached hydrogens (primary N) is 1. The van der Waals surface area contributed by atoms with Crippen molar-refractivity contribution in [3.8, 4) is 0 Å². The van der Waals surface area contributed by atoms with E-state index in [9.17, 15) is 9.18 Å². The van der Waals surface area contributed by atoms with E-state index in [1.54, 1.807) is 11.0 Å². The molecule has 0 saturated heterocycles. The van der Waals surface area contributed by atoms with Crippen LogP contribution in [-0.4, -0.2) is 22.9 Å². The number of nitrogens with zero attached hydrogens (tertiary/aromatic N) is 1. The summed E-state index contributed by atoms with van der Waals surface area (Å²) in [4.78, 5) is 14.2. The van der Waals surface area contributed by atoms with Crippen molar-refractivity contribution in [2.75, 3.05) is 6.54 Å². The van der Waals surface area contributed by atoms with Crippen LogP contribution in [0.25, 0.3) is 0 Å². The number of halogens is 2. The minimum absolute atomic E-state index is 0. The van der Waals surface area contributed by atoms with Crippen LogP contribution >= 0.6 is 12.4 Å². The van der Waals surface area contributed by atoms with Gasteiger partial charge in [0.1, 0.15) is 5.82 Å². The van der Waals surface area contributed by atoms with E-state index in [2.05, 4.69) is 0 Å². The number of carbonyl (C=O) groups excluding carboxylic acids is 1. The lowest BCUT2D eigenvalue weighted by Crippen LogP contribution is -2.53. The van der Waals surface area contributed by atoms with Gasteiger partial charge in [0.15, 0.2) is 0 Å². The van der Waals surface area contributed by atoms with Crippen LogP contribution in [0.1, 0.15) is 38.2 Å². The molecule has 0 unspecified atom stereocenters.